The van der Waals surface area contributed by atoms with Gasteiger partial charge in [-0.25, -0.2) is 4.98 Å². The van der Waals surface area contributed by atoms with Gasteiger partial charge in [0, 0.05) is 25.5 Å². The summed E-state index contributed by atoms with van der Waals surface area (Å²) in [6, 6.07) is 9.38. The summed E-state index contributed by atoms with van der Waals surface area (Å²) >= 11 is 1.61. The Bertz CT molecular complexity index is 1180. The maximum atomic E-state index is 13.6. The molecular weight excluding hydrogens is 462 g/mol. The fraction of sp³-hybridized carbons (Fsp3) is 0.481. The molecule has 8 heteroatoms. The lowest BCUT2D eigenvalue weighted by molar-refractivity contribution is -0.140. The number of rotatable bonds is 8. The summed E-state index contributed by atoms with van der Waals surface area (Å²) in [4.78, 5) is 34.0. The lowest BCUT2D eigenvalue weighted by Gasteiger charge is -2.29. The SMILES string of the molecule is Cc1cc([C@H](C(=O)N2C[C@@H](O)C[C@H]2C(=O)C[C@@H](C)c2ccc(-c3scnc3C)cc2)C(C)C)on1. The summed E-state index contributed by atoms with van der Waals surface area (Å²) < 4.78 is 5.41. The Labute approximate surface area is 210 Å². The van der Waals surface area contributed by atoms with Crippen molar-refractivity contribution in [2.45, 2.75) is 71.4 Å². The summed E-state index contributed by atoms with van der Waals surface area (Å²) in [5.41, 5.74) is 5.74. The number of hydrogen-bond acceptors (Lipinski definition) is 7. The summed E-state index contributed by atoms with van der Waals surface area (Å²) in [5, 5.41) is 14.3. The molecule has 1 aliphatic rings. The van der Waals surface area contributed by atoms with Gasteiger partial charge < -0.3 is 14.5 Å². The number of benzene rings is 1. The van der Waals surface area contributed by atoms with Gasteiger partial charge in [-0.15, -0.1) is 11.3 Å². The lowest BCUT2D eigenvalue weighted by atomic mass is 9.89. The van der Waals surface area contributed by atoms with E-state index < -0.39 is 18.1 Å². The van der Waals surface area contributed by atoms with Gasteiger partial charge in [-0.2, -0.15) is 0 Å². The van der Waals surface area contributed by atoms with Gasteiger partial charge in [0.2, 0.25) is 5.91 Å². The van der Waals surface area contributed by atoms with Crippen LogP contribution in [0.4, 0.5) is 0 Å². The van der Waals surface area contributed by atoms with Gasteiger partial charge in [-0.1, -0.05) is 50.2 Å². The van der Waals surface area contributed by atoms with E-state index in [2.05, 4.69) is 34.4 Å². The molecule has 1 saturated heterocycles. The minimum atomic E-state index is -0.714. The van der Waals surface area contributed by atoms with Crippen molar-refractivity contribution < 1.29 is 19.2 Å². The number of amides is 1. The van der Waals surface area contributed by atoms with Crippen LogP contribution >= 0.6 is 11.3 Å². The first kappa shape index (κ1) is 25.3. The molecule has 1 amide bonds. The second-order valence-electron chi connectivity index (χ2n) is 9.95. The fourth-order valence-electron chi connectivity index (χ4n) is 4.90. The Kier molecular flexibility index (Phi) is 7.52. The van der Waals surface area contributed by atoms with Gasteiger partial charge in [0.05, 0.1) is 33.9 Å². The van der Waals surface area contributed by atoms with Gasteiger partial charge in [-0.05, 0) is 36.8 Å². The van der Waals surface area contributed by atoms with E-state index >= 15 is 0 Å². The number of aliphatic hydroxyl groups is 1. The Balaban J connectivity index is 1.47. The highest BCUT2D eigenvalue weighted by molar-refractivity contribution is 7.13. The average molecular weight is 496 g/mol. The summed E-state index contributed by atoms with van der Waals surface area (Å²) in [5.74, 6) is -0.310. The van der Waals surface area contributed by atoms with E-state index in [1.807, 2.05) is 40.1 Å². The third kappa shape index (κ3) is 5.38. The summed E-state index contributed by atoms with van der Waals surface area (Å²) in [6.07, 6.45) is -0.149. The van der Waals surface area contributed by atoms with Crippen LogP contribution in [0.25, 0.3) is 10.4 Å². The molecule has 1 aromatic carbocycles. The highest BCUT2D eigenvalue weighted by atomic mass is 32.1. The van der Waals surface area contributed by atoms with Gasteiger partial charge >= 0.3 is 0 Å². The van der Waals surface area contributed by atoms with Crippen molar-refractivity contribution in [3.8, 4) is 10.4 Å². The highest BCUT2D eigenvalue weighted by Gasteiger charge is 2.43. The number of thiazole rings is 1. The Hall–Kier alpha value is -2.84. The average Bonchev–Trinajstić information content (AvgIpc) is 3.53. The molecule has 0 saturated carbocycles. The second-order valence-corrected chi connectivity index (χ2v) is 10.8. The predicted octanol–water partition coefficient (Wildman–Crippen LogP) is 4.88. The minimum absolute atomic E-state index is 0.00776. The minimum Gasteiger partial charge on any atom is -0.391 e. The molecule has 0 unspecified atom stereocenters. The number of nitrogens with zero attached hydrogens (tertiary/aromatic N) is 3. The number of likely N-dealkylation sites (tertiary alicyclic amines) is 1. The zero-order chi connectivity index (χ0) is 25.3. The van der Waals surface area contributed by atoms with Crippen molar-refractivity contribution >= 4 is 23.0 Å². The molecule has 1 fully saturated rings. The third-order valence-electron chi connectivity index (χ3n) is 6.81. The molecule has 3 heterocycles. The van der Waals surface area contributed by atoms with E-state index in [4.69, 9.17) is 4.52 Å². The lowest BCUT2D eigenvalue weighted by Crippen LogP contribution is -2.44. The maximum Gasteiger partial charge on any atom is 0.234 e. The van der Waals surface area contributed by atoms with Crippen molar-refractivity contribution in [1.29, 1.82) is 0 Å². The smallest absolute Gasteiger partial charge is 0.234 e. The van der Waals surface area contributed by atoms with Crippen LogP contribution < -0.4 is 0 Å². The topological polar surface area (TPSA) is 96.5 Å². The Morgan fingerprint density at radius 2 is 1.91 bits per heavy atom. The Morgan fingerprint density at radius 3 is 2.49 bits per heavy atom. The number of ketones is 1. The van der Waals surface area contributed by atoms with Crippen LogP contribution in [-0.2, 0) is 9.59 Å². The largest absolute Gasteiger partial charge is 0.391 e. The quantitative estimate of drug-likeness (QED) is 0.478. The number of β-amino-alcohol motifs (C(OH)–C–C–N with tert-alkyl or cyclic N) is 1. The van der Waals surface area contributed by atoms with E-state index in [0.717, 1.165) is 21.7 Å². The van der Waals surface area contributed by atoms with Crippen LogP contribution in [0, 0.1) is 19.8 Å². The van der Waals surface area contributed by atoms with E-state index in [9.17, 15) is 14.7 Å². The van der Waals surface area contributed by atoms with Crippen LogP contribution in [-0.4, -0.2) is 50.5 Å². The number of carbonyl (C=O) groups excluding carboxylic acids is 2. The van der Waals surface area contributed by atoms with Crippen LogP contribution in [0.1, 0.15) is 68.2 Å². The number of hydrogen-bond donors (Lipinski definition) is 1. The molecule has 2 aromatic heterocycles. The normalized spacial score (nSPS) is 19.8. The number of aromatic nitrogens is 2. The fourth-order valence-corrected chi connectivity index (χ4v) is 5.72. The molecule has 35 heavy (non-hydrogen) atoms. The number of aliphatic hydroxyl groups excluding tert-OH is 1. The molecule has 186 valence electrons. The van der Waals surface area contributed by atoms with E-state index in [-0.39, 0.29) is 36.5 Å². The molecule has 1 N–H and O–H groups in total. The van der Waals surface area contributed by atoms with Gasteiger partial charge in [0.25, 0.3) is 0 Å². The van der Waals surface area contributed by atoms with Crippen LogP contribution in [0.2, 0.25) is 0 Å². The molecule has 0 spiro atoms. The number of Topliss-reactive ketones (excluding diaryl/α,β-unsaturated/α-hetero) is 1. The maximum absolute atomic E-state index is 13.6. The van der Waals surface area contributed by atoms with Crippen molar-refractivity contribution in [1.82, 2.24) is 15.0 Å². The number of carbonyl (C=O) groups is 2. The molecule has 4 rings (SSSR count). The highest BCUT2D eigenvalue weighted by Crippen LogP contribution is 2.33. The molecule has 0 radical (unpaired) electrons. The molecule has 3 aromatic rings. The van der Waals surface area contributed by atoms with Crippen LogP contribution in [0.3, 0.4) is 0 Å². The molecule has 0 aliphatic carbocycles. The monoisotopic (exact) mass is 495 g/mol. The molecular formula is C27H33N3O4S. The standard InChI is InChI=1S/C27H33N3O4S/c1-15(2)25(24-11-17(4)29-34-24)27(33)30-13-21(31)12-22(30)23(32)10-16(3)19-6-8-20(9-7-19)26-18(5)28-14-35-26/h6-9,11,14-16,21-22,25,31H,10,12-13H2,1-5H3/t16-,21+,22+,25-/m1/s1. The van der Waals surface area contributed by atoms with Gasteiger partial charge in [0.1, 0.15) is 11.7 Å². The van der Waals surface area contributed by atoms with Crippen molar-refractivity contribution in [2.75, 3.05) is 6.54 Å². The van der Waals surface area contributed by atoms with Crippen LogP contribution in [0.15, 0.2) is 40.4 Å². The number of aryl methyl sites for hydroxylation is 2. The first-order chi connectivity index (χ1) is 16.7. The zero-order valence-corrected chi connectivity index (χ0v) is 21.7. The zero-order valence-electron chi connectivity index (χ0n) is 20.9. The van der Waals surface area contributed by atoms with Gasteiger partial charge in [0.15, 0.2) is 5.78 Å². The van der Waals surface area contributed by atoms with E-state index in [1.54, 1.807) is 22.3 Å². The Morgan fingerprint density at radius 1 is 1.20 bits per heavy atom. The van der Waals surface area contributed by atoms with Crippen molar-refractivity contribution in [2.24, 2.45) is 5.92 Å². The van der Waals surface area contributed by atoms with Gasteiger partial charge in [-0.3, -0.25) is 9.59 Å². The third-order valence-corrected chi connectivity index (χ3v) is 7.79. The molecule has 7 nitrogen and oxygen atoms in total. The van der Waals surface area contributed by atoms with Crippen LogP contribution in [0.5, 0.6) is 0 Å². The second kappa shape index (κ2) is 10.4. The first-order valence-electron chi connectivity index (χ1n) is 12.1. The predicted molar refractivity (Wildman–Crippen MR) is 135 cm³/mol. The molecule has 4 atom stereocenters. The van der Waals surface area contributed by atoms with Crippen molar-refractivity contribution in [3.63, 3.8) is 0 Å². The van der Waals surface area contributed by atoms with E-state index in [1.165, 1.54) is 0 Å². The van der Waals surface area contributed by atoms with Crippen molar-refractivity contribution in [3.05, 3.63) is 58.6 Å². The summed E-state index contributed by atoms with van der Waals surface area (Å²) in [7, 11) is 0. The molecule has 1 aliphatic heterocycles. The molecule has 0 bridgehead atoms. The van der Waals surface area contributed by atoms with E-state index in [0.29, 0.717) is 17.9 Å². The first-order valence-corrected chi connectivity index (χ1v) is 13.0. The summed E-state index contributed by atoms with van der Waals surface area (Å²) in [6.45, 7) is 9.89.